The van der Waals surface area contributed by atoms with Crippen LogP contribution in [0.4, 0.5) is 0 Å². The van der Waals surface area contributed by atoms with Gasteiger partial charge in [-0.2, -0.15) is 0 Å². The van der Waals surface area contributed by atoms with E-state index in [0.717, 1.165) is 13.1 Å². The van der Waals surface area contributed by atoms with Crippen molar-refractivity contribution in [1.29, 1.82) is 0 Å². The Hall–Kier alpha value is -0.900. The maximum Gasteiger partial charge on any atom is 0.156 e. The lowest BCUT2D eigenvalue weighted by Crippen LogP contribution is -2.63. The van der Waals surface area contributed by atoms with Gasteiger partial charge in [0.2, 0.25) is 0 Å². The second kappa shape index (κ2) is 5.17. The van der Waals surface area contributed by atoms with Gasteiger partial charge in [-0.15, -0.1) is 0 Å². The fraction of sp³-hybridized carbons (Fsp3) is 0.571. The summed E-state index contributed by atoms with van der Waals surface area (Å²) in [6.07, 6.45) is 0.619. The van der Waals surface area contributed by atoms with Crippen molar-refractivity contribution in [2.45, 2.75) is 20.1 Å². The molecule has 3 rings (SSSR count). The molecule has 0 aromatic heterocycles. The molecule has 2 aliphatic rings. The Bertz CT molecular complexity index is 352. The first-order chi connectivity index (χ1) is 7.89. The number of rotatable bonds is 2. The van der Waals surface area contributed by atoms with E-state index in [-0.39, 0.29) is 7.43 Å². The number of hydrogen-bond donors (Lipinski definition) is 2. The van der Waals surface area contributed by atoms with Crippen LogP contribution >= 0.6 is 0 Å². The Balaban J connectivity index is 0.00000108. The topological polar surface area (TPSA) is 24.1 Å². The van der Waals surface area contributed by atoms with Crippen LogP contribution in [0, 0.1) is 0 Å². The number of hydrogen-bond acceptors (Lipinski definition) is 2. The van der Waals surface area contributed by atoms with E-state index in [1.807, 2.05) is 0 Å². The van der Waals surface area contributed by atoms with Gasteiger partial charge in [-0.25, -0.2) is 0 Å². The van der Waals surface area contributed by atoms with E-state index in [2.05, 4.69) is 41.0 Å². The minimum absolute atomic E-state index is 0. The summed E-state index contributed by atoms with van der Waals surface area (Å²) >= 11 is 0. The first-order valence-corrected chi connectivity index (χ1v) is 6.23. The van der Waals surface area contributed by atoms with Crippen LogP contribution in [0.15, 0.2) is 30.3 Å². The second-order valence-corrected chi connectivity index (χ2v) is 4.98. The first-order valence-electron chi connectivity index (χ1n) is 6.23. The van der Waals surface area contributed by atoms with Crippen molar-refractivity contribution >= 4 is 0 Å². The minimum atomic E-state index is 0. The molecule has 0 aliphatic carbocycles. The van der Waals surface area contributed by atoms with Gasteiger partial charge in [0.15, 0.2) is 6.17 Å². The predicted octanol–water partition coefficient (Wildman–Crippen LogP) is 1.17. The third-order valence-electron chi connectivity index (χ3n) is 4.01. The summed E-state index contributed by atoms with van der Waals surface area (Å²) in [4.78, 5) is 0. The maximum absolute atomic E-state index is 3.63. The van der Waals surface area contributed by atoms with Crippen LogP contribution < -0.4 is 10.6 Å². The molecule has 2 aliphatic heterocycles. The molecule has 2 unspecified atom stereocenters. The summed E-state index contributed by atoms with van der Waals surface area (Å²) in [6.45, 7) is 7.16. The fourth-order valence-corrected chi connectivity index (χ4v) is 3.09. The van der Waals surface area contributed by atoms with E-state index in [1.165, 1.54) is 36.2 Å². The third-order valence-corrected chi connectivity index (χ3v) is 4.01. The zero-order valence-corrected chi connectivity index (χ0v) is 9.65. The molecule has 94 valence electrons. The second-order valence-electron chi connectivity index (χ2n) is 4.98. The molecule has 0 saturated carbocycles. The summed E-state index contributed by atoms with van der Waals surface area (Å²) in [6, 6.07) is 10.9. The zero-order valence-electron chi connectivity index (χ0n) is 9.65. The van der Waals surface area contributed by atoms with Gasteiger partial charge in [-0.3, -0.25) is 5.32 Å². The van der Waals surface area contributed by atoms with Crippen molar-refractivity contribution in [3.05, 3.63) is 35.9 Å². The van der Waals surface area contributed by atoms with Crippen LogP contribution in [-0.4, -0.2) is 43.4 Å². The molecule has 2 fully saturated rings. The lowest BCUT2D eigenvalue weighted by atomic mass is 10.1. The number of fused-ring (bicyclic) bond motifs is 1. The minimum Gasteiger partial charge on any atom is -0.305 e. The molecule has 2 atom stereocenters. The van der Waals surface area contributed by atoms with Gasteiger partial charge < -0.3 is 9.80 Å². The summed E-state index contributed by atoms with van der Waals surface area (Å²) in [5.41, 5.74) is 1.47. The Morgan fingerprint density at radius 2 is 1.88 bits per heavy atom. The van der Waals surface area contributed by atoms with Gasteiger partial charge in [0.1, 0.15) is 6.54 Å². The molecule has 3 heteroatoms. The van der Waals surface area contributed by atoms with Crippen LogP contribution in [0.5, 0.6) is 0 Å². The van der Waals surface area contributed by atoms with E-state index in [4.69, 9.17) is 0 Å². The van der Waals surface area contributed by atoms with Crippen molar-refractivity contribution in [2.75, 3.05) is 32.7 Å². The zero-order chi connectivity index (χ0) is 10.8. The van der Waals surface area contributed by atoms with Gasteiger partial charge in [0.25, 0.3) is 0 Å². The Labute approximate surface area is 104 Å². The van der Waals surface area contributed by atoms with Gasteiger partial charge in [-0.1, -0.05) is 37.8 Å². The Kier molecular flexibility index (Phi) is 3.82. The number of nitrogens with zero attached hydrogens (tertiary/aromatic N) is 1. The SMILES string of the molecule is C.c1ccc(C[N+]23CCNCC2NCC3)cc1. The van der Waals surface area contributed by atoms with Crippen molar-refractivity contribution in [1.82, 2.24) is 10.6 Å². The highest BCUT2D eigenvalue weighted by Gasteiger charge is 2.43. The average Bonchev–Trinajstić information content (AvgIpc) is 2.73. The Morgan fingerprint density at radius 3 is 2.71 bits per heavy atom. The van der Waals surface area contributed by atoms with Crippen LogP contribution in [0.3, 0.4) is 0 Å². The largest absolute Gasteiger partial charge is 0.305 e. The third kappa shape index (κ3) is 2.37. The number of benzene rings is 1. The summed E-state index contributed by atoms with van der Waals surface area (Å²) in [7, 11) is 0. The highest BCUT2D eigenvalue weighted by Crippen LogP contribution is 2.23. The highest BCUT2D eigenvalue weighted by molar-refractivity contribution is 5.13. The molecule has 1 aromatic carbocycles. The quantitative estimate of drug-likeness (QED) is 0.751. The molecule has 2 heterocycles. The van der Waals surface area contributed by atoms with Crippen LogP contribution in [0.25, 0.3) is 0 Å². The Morgan fingerprint density at radius 1 is 1.12 bits per heavy atom. The van der Waals surface area contributed by atoms with Crippen molar-refractivity contribution in [3.63, 3.8) is 0 Å². The van der Waals surface area contributed by atoms with E-state index in [1.54, 1.807) is 0 Å². The fourth-order valence-electron chi connectivity index (χ4n) is 3.09. The first kappa shape index (κ1) is 12.6. The number of quaternary nitrogens is 1. The molecule has 0 radical (unpaired) electrons. The highest BCUT2D eigenvalue weighted by atomic mass is 15.5. The van der Waals surface area contributed by atoms with Gasteiger partial charge in [0.05, 0.1) is 26.2 Å². The number of piperazine rings is 1. The van der Waals surface area contributed by atoms with E-state index in [0.29, 0.717) is 6.17 Å². The molecule has 3 nitrogen and oxygen atoms in total. The standard InChI is InChI=1S/C13H20N3.CH4/c1-2-4-12(5-3-1)11-16-8-6-14-10-13(16)15-7-9-16;/h1-5,13-15H,6-11H2;1H4/q+1;. The summed E-state index contributed by atoms with van der Waals surface area (Å²) in [5.74, 6) is 0. The van der Waals surface area contributed by atoms with Crippen molar-refractivity contribution in [3.8, 4) is 0 Å². The molecule has 2 N–H and O–H groups in total. The van der Waals surface area contributed by atoms with Crippen molar-refractivity contribution < 1.29 is 4.48 Å². The molecule has 17 heavy (non-hydrogen) atoms. The van der Waals surface area contributed by atoms with Gasteiger partial charge in [-0.05, 0) is 0 Å². The van der Waals surface area contributed by atoms with E-state index >= 15 is 0 Å². The normalized spacial score (nSPS) is 31.6. The van der Waals surface area contributed by atoms with Crippen LogP contribution in [0.1, 0.15) is 13.0 Å². The molecule has 0 spiro atoms. The number of nitrogens with one attached hydrogen (secondary N) is 2. The maximum atomic E-state index is 3.63. The van der Waals surface area contributed by atoms with E-state index in [9.17, 15) is 0 Å². The predicted molar refractivity (Wildman–Crippen MR) is 71.5 cm³/mol. The van der Waals surface area contributed by atoms with Gasteiger partial charge >= 0.3 is 0 Å². The molecule has 0 amide bonds. The van der Waals surface area contributed by atoms with Crippen molar-refractivity contribution in [2.24, 2.45) is 0 Å². The van der Waals surface area contributed by atoms with Crippen LogP contribution in [-0.2, 0) is 6.54 Å². The molecule has 1 aromatic rings. The van der Waals surface area contributed by atoms with Crippen LogP contribution in [0.2, 0.25) is 0 Å². The smallest absolute Gasteiger partial charge is 0.156 e. The molecule has 2 saturated heterocycles. The lowest BCUT2D eigenvalue weighted by Gasteiger charge is -2.42. The average molecular weight is 234 g/mol. The summed E-state index contributed by atoms with van der Waals surface area (Å²) < 4.78 is 1.23. The van der Waals surface area contributed by atoms with E-state index < -0.39 is 0 Å². The molecular weight excluding hydrogens is 210 g/mol. The van der Waals surface area contributed by atoms with Gasteiger partial charge in [0, 0.05) is 12.1 Å². The molecule has 0 bridgehead atoms. The lowest BCUT2D eigenvalue weighted by molar-refractivity contribution is -0.954. The molecular formula is C14H24N3+. The monoisotopic (exact) mass is 234 g/mol. The summed E-state index contributed by atoms with van der Waals surface area (Å²) in [5, 5.41) is 7.12.